The van der Waals surface area contributed by atoms with Gasteiger partial charge in [-0.05, 0) is 30.2 Å². The van der Waals surface area contributed by atoms with E-state index in [-0.39, 0.29) is 11.7 Å². The zero-order valence-corrected chi connectivity index (χ0v) is 15.2. The van der Waals surface area contributed by atoms with Crippen LogP contribution in [0.5, 0.6) is 0 Å². The van der Waals surface area contributed by atoms with E-state index in [4.69, 9.17) is 13.8 Å². The maximum absolute atomic E-state index is 13.8. The summed E-state index contributed by atoms with van der Waals surface area (Å²) in [4.78, 5) is 12.4. The minimum atomic E-state index is -3.45. The summed E-state index contributed by atoms with van der Waals surface area (Å²) >= 11 is 0. The molecule has 0 N–H and O–H groups in total. The van der Waals surface area contributed by atoms with Gasteiger partial charge in [0, 0.05) is 14.2 Å². The maximum atomic E-state index is 13.8. The van der Waals surface area contributed by atoms with Crippen molar-refractivity contribution in [3.8, 4) is 0 Å². The molecular weight excluding hydrogens is 346 g/mol. The van der Waals surface area contributed by atoms with Crippen LogP contribution in [-0.4, -0.2) is 26.4 Å². The van der Waals surface area contributed by atoms with Crippen LogP contribution in [0.2, 0.25) is 0 Å². The quantitative estimate of drug-likeness (QED) is 0.533. The Balaban J connectivity index is 2.35. The molecule has 134 valence electrons. The van der Waals surface area contributed by atoms with Gasteiger partial charge in [-0.2, -0.15) is 0 Å². The van der Waals surface area contributed by atoms with Crippen LogP contribution in [0, 0.1) is 12.7 Å². The van der Waals surface area contributed by atoms with E-state index >= 15 is 0 Å². The van der Waals surface area contributed by atoms with E-state index in [1.165, 1.54) is 38.5 Å². The van der Waals surface area contributed by atoms with Crippen LogP contribution >= 0.6 is 7.60 Å². The molecule has 0 amide bonds. The number of rotatable bonds is 7. The summed E-state index contributed by atoms with van der Waals surface area (Å²) in [6, 6.07) is 12.7. The van der Waals surface area contributed by atoms with E-state index < -0.39 is 25.5 Å². The predicted octanol–water partition coefficient (Wildman–Crippen LogP) is 4.52. The van der Waals surface area contributed by atoms with E-state index in [9.17, 15) is 13.8 Å². The lowest BCUT2D eigenvalue weighted by Gasteiger charge is -2.23. The second-order valence-electron chi connectivity index (χ2n) is 5.39. The van der Waals surface area contributed by atoms with Gasteiger partial charge in [-0.25, -0.2) is 9.18 Å². The molecule has 5 nitrogen and oxygen atoms in total. The molecule has 0 saturated carbocycles. The molecule has 2 rings (SSSR count). The summed E-state index contributed by atoms with van der Waals surface area (Å²) in [5.74, 6) is -1.53. The summed E-state index contributed by atoms with van der Waals surface area (Å²) in [7, 11) is -0.930. The molecule has 0 bridgehead atoms. The highest BCUT2D eigenvalue weighted by molar-refractivity contribution is 7.53. The monoisotopic (exact) mass is 366 g/mol. The molecule has 7 heteroatoms. The molecule has 0 radical (unpaired) electrons. The number of carbonyl (C=O) groups is 1. The van der Waals surface area contributed by atoms with Crippen molar-refractivity contribution >= 4 is 13.6 Å². The first-order valence-electron chi connectivity index (χ1n) is 7.62. The molecule has 0 unspecified atom stereocenters. The van der Waals surface area contributed by atoms with Crippen LogP contribution in [0.3, 0.4) is 0 Å². The fourth-order valence-corrected chi connectivity index (χ4v) is 3.52. The molecule has 0 saturated heterocycles. The average Bonchev–Trinajstić information content (AvgIpc) is 2.61. The topological polar surface area (TPSA) is 61.8 Å². The number of hydrogen-bond donors (Lipinski definition) is 0. The maximum Gasteiger partial charge on any atom is 0.341 e. The molecule has 0 aromatic heterocycles. The van der Waals surface area contributed by atoms with Crippen molar-refractivity contribution < 1.29 is 27.5 Å². The van der Waals surface area contributed by atoms with Crippen molar-refractivity contribution in [2.45, 2.75) is 13.0 Å². The van der Waals surface area contributed by atoms with Gasteiger partial charge in [0.25, 0.3) is 0 Å². The Labute approximate surface area is 146 Å². The molecular formula is C18H20FO5P. The first kappa shape index (κ1) is 19.3. The van der Waals surface area contributed by atoms with Gasteiger partial charge in [0.15, 0.2) is 0 Å². The fourth-order valence-electron chi connectivity index (χ4n) is 2.39. The summed E-state index contributed by atoms with van der Waals surface area (Å²) in [5.41, 5.74) is 1.31. The summed E-state index contributed by atoms with van der Waals surface area (Å²) in [6.45, 7) is 1.84. The van der Waals surface area contributed by atoms with Crippen LogP contribution in [0.1, 0.15) is 27.6 Å². The second-order valence-corrected chi connectivity index (χ2v) is 7.71. The lowest BCUT2D eigenvalue weighted by molar-refractivity contribution is 0.0327. The Morgan fingerprint density at radius 1 is 1.08 bits per heavy atom. The van der Waals surface area contributed by atoms with Gasteiger partial charge in [-0.3, -0.25) is 4.57 Å². The molecule has 2 aromatic carbocycles. The minimum Gasteiger partial charge on any atom is -0.453 e. The van der Waals surface area contributed by atoms with Gasteiger partial charge in [0.1, 0.15) is 11.9 Å². The van der Waals surface area contributed by atoms with Gasteiger partial charge < -0.3 is 13.8 Å². The lowest BCUT2D eigenvalue weighted by atomic mass is 10.0. The lowest BCUT2D eigenvalue weighted by Crippen LogP contribution is -2.18. The normalized spacial score (nSPS) is 12.6. The number of aryl methyl sites for hydroxylation is 1. The number of halogens is 1. The highest BCUT2D eigenvalue weighted by Crippen LogP contribution is 2.50. The smallest absolute Gasteiger partial charge is 0.341 e. The molecule has 0 aliphatic rings. The fraction of sp³-hybridized carbons (Fsp3) is 0.278. The first-order chi connectivity index (χ1) is 11.9. The third-order valence-electron chi connectivity index (χ3n) is 3.82. The van der Waals surface area contributed by atoms with Gasteiger partial charge in [-0.1, -0.05) is 36.4 Å². The molecule has 0 heterocycles. The number of carbonyl (C=O) groups excluding carboxylic acids is 1. The van der Waals surface area contributed by atoms with Crippen molar-refractivity contribution in [3.63, 3.8) is 0 Å². The van der Waals surface area contributed by atoms with Gasteiger partial charge in [0.05, 0.1) is 11.7 Å². The zero-order chi connectivity index (χ0) is 18.4. The largest absolute Gasteiger partial charge is 0.453 e. The first-order valence-corrected chi connectivity index (χ1v) is 9.34. The van der Waals surface area contributed by atoms with Crippen molar-refractivity contribution in [3.05, 3.63) is 71.0 Å². The van der Waals surface area contributed by atoms with Crippen LogP contribution < -0.4 is 0 Å². The third kappa shape index (κ3) is 4.75. The van der Waals surface area contributed by atoms with Gasteiger partial charge >= 0.3 is 13.6 Å². The van der Waals surface area contributed by atoms with E-state index in [0.29, 0.717) is 5.56 Å². The Kier molecular flexibility index (Phi) is 6.48. The van der Waals surface area contributed by atoms with Gasteiger partial charge in [-0.15, -0.1) is 0 Å². The van der Waals surface area contributed by atoms with Crippen LogP contribution in [0.25, 0.3) is 0 Å². The summed E-state index contributed by atoms with van der Waals surface area (Å²) in [6.07, 6.45) is -1.08. The second kappa shape index (κ2) is 8.39. The minimum absolute atomic E-state index is 0.176. The molecule has 25 heavy (non-hydrogen) atoms. The summed E-state index contributed by atoms with van der Waals surface area (Å²) in [5, 5.41) is 0. The highest BCUT2D eigenvalue weighted by Gasteiger charge is 2.31. The van der Waals surface area contributed by atoms with Crippen LogP contribution in [0.15, 0.2) is 48.5 Å². The van der Waals surface area contributed by atoms with Crippen LogP contribution in [0.4, 0.5) is 4.39 Å². The Bertz CT molecular complexity index is 785. The number of hydrogen-bond acceptors (Lipinski definition) is 5. The van der Waals surface area contributed by atoms with Gasteiger partial charge in [0.2, 0.25) is 0 Å². The Hall–Kier alpha value is -2.01. The molecule has 0 spiro atoms. The van der Waals surface area contributed by atoms with Crippen LogP contribution in [-0.2, 0) is 18.3 Å². The number of esters is 1. The molecule has 2 aromatic rings. The molecule has 0 fully saturated rings. The standard InChI is InChI=1S/C18H20FO5P/c1-13-8-4-5-9-14(13)17(12-25(21,22-2)23-3)24-18(20)15-10-6-7-11-16(15)19/h4-11,17H,12H2,1-3H3/t17-/m1/s1. The number of benzene rings is 2. The SMILES string of the molecule is COP(=O)(C[C@@H](OC(=O)c1ccccc1F)c1ccccc1C)OC. The number of ether oxygens (including phenoxy) is 1. The van der Waals surface area contributed by atoms with E-state index in [1.54, 1.807) is 12.1 Å². The molecule has 0 aliphatic heterocycles. The highest BCUT2D eigenvalue weighted by atomic mass is 31.2. The predicted molar refractivity (Wildman–Crippen MR) is 92.2 cm³/mol. The molecule has 0 aliphatic carbocycles. The van der Waals surface area contributed by atoms with Crippen molar-refractivity contribution in [1.82, 2.24) is 0 Å². The van der Waals surface area contributed by atoms with E-state index in [2.05, 4.69) is 0 Å². The zero-order valence-electron chi connectivity index (χ0n) is 14.3. The van der Waals surface area contributed by atoms with E-state index in [1.807, 2.05) is 19.1 Å². The van der Waals surface area contributed by atoms with Crippen molar-refractivity contribution in [1.29, 1.82) is 0 Å². The van der Waals surface area contributed by atoms with Crippen molar-refractivity contribution in [2.75, 3.05) is 20.4 Å². The Morgan fingerprint density at radius 2 is 1.68 bits per heavy atom. The Morgan fingerprint density at radius 3 is 2.28 bits per heavy atom. The average molecular weight is 366 g/mol. The molecule has 1 atom stereocenters. The van der Waals surface area contributed by atoms with E-state index in [0.717, 1.165) is 5.56 Å². The van der Waals surface area contributed by atoms with Crippen molar-refractivity contribution in [2.24, 2.45) is 0 Å². The summed E-state index contributed by atoms with van der Waals surface area (Å²) < 4.78 is 41.7. The third-order valence-corrected chi connectivity index (χ3v) is 5.72.